The van der Waals surface area contributed by atoms with Crippen molar-refractivity contribution < 1.29 is 9.84 Å². The number of ether oxygens (including phenoxy) is 1. The molecule has 3 atom stereocenters. The molecule has 0 aromatic carbocycles. The predicted octanol–water partition coefficient (Wildman–Crippen LogP) is 1.71. The fraction of sp³-hybridized carbons (Fsp3) is 0.800. The number of hydrogen-bond acceptors (Lipinski definition) is 4. The minimum atomic E-state index is -0.753. The van der Waals surface area contributed by atoms with Crippen molar-refractivity contribution in [2.24, 2.45) is 0 Å². The summed E-state index contributed by atoms with van der Waals surface area (Å²) in [5, 5.41) is 18.5. The first-order valence-electron chi connectivity index (χ1n) is 7.50. The van der Waals surface area contributed by atoms with Gasteiger partial charge in [0.1, 0.15) is 5.60 Å². The van der Waals surface area contributed by atoms with Gasteiger partial charge in [-0.2, -0.15) is 5.10 Å². The SMILES string of the molecule is CCn1nc(C)c(C(C)NCC2(O)CCOC2C)c1C. The van der Waals surface area contributed by atoms with Crippen molar-refractivity contribution in [2.45, 2.75) is 65.3 Å². The summed E-state index contributed by atoms with van der Waals surface area (Å²) in [5.74, 6) is 0. The molecule has 0 bridgehead atoms. The van der Waals surface area contributed by atoms with Crippen molar-refractivity contribution in [3.05, 3.63) is 17.0 Å². The Morgan fingerprint density at radius 2 is 2.25 bits per heavy atom. The Balaban J connectivity index is 2.05. The van der Waals surface area contributed by atoms with Crippen molar-refractivity contribution >= 4 is 0 Å². The Morgan fingerprint density at radius 1 is 1.55 bits per heavy atom. The molecule has 1 aromatic rings. The molecule has 1 aliphatic heterocycles. The molecule has 3 unspecified atom stereocenters. The van der Waals surface area contributed by atoms with Crippen LogP contribution in [0.2, 0.25) is 0 Å². The standard InChI is InChI=1S/C15H27N3O2/c1-6-18-12(4)14(11(3)17-18)10(2)16-9-15(19)7-8-20-13(15)5/h10,13,16,19H,6-9H2,1-5H3. The van der Waals surface area contributed by atoms with E-state index in [1.54, 1.807) is 0 Å². The molecule has 114 valence electrons. The molecule has 0 saturated carbocycles. The molecule has 0 spiro atoms. The van der Waals surface area contributed by atoms with Gasteiger partial charge in [-0.1, -0.05) is 0 Å². The Labute approximate surface area is 121 Å². The molecule has 1 fully saturated rings. The Kier molecular flexibility index (Phi) is 4.52. The quantitative estimate of drug-likeness (QED) is 0.862. The molecule has 1 aliphatic rings. The molecule has 1 saturated heterocycles. The smallest absolute Gasteiger partial charge is 0.105 e. The molecule has 20 heavy (non-hydrogen) atoms. The van der Waals surface area contributed by atoms with Crippen molar-refractivity contribution in [2.75, 3.05) is 13.2 Å². The van der Waals surface area contributed by atoms with Gasteiger partial charge in [0.25, 0.3) is 0 Å². The third-order valence-electron chi connectivity index (χ3n) is 4.54. The van der Waals surface area contributed by atoms with E-state index in [-0.39, 0.29) is 12.1 Å². The van der Waals surface area contributed by atoms with Crippen LogP contribution in [0, 0.1) is 13.8 Å². The van der Waals surface area contributed by atoms with Gasteiger partial charge in [0.15, 0.2) is 0 Å². The molecule has 2 heterocycles. The first-order valence-corrected chi connectivity index (χ1v) is 7.50. The Morgan fingerprint density at radius 3 is 2.75 bits per heavy atom. The summed E-state index contributed by atoms with van der Waals surface area (Å²) in [6.45, 7) is 12.4. The van der Waals surface area contributed by atoms with Crippen LogP contribution >= 0.6 is 0 Å². The van der Waals surface area contributed by atoms with E-state index in [0.717, 1.165) is 12.2 Å². The van der Waals surface area contributed by atoms with Gasteiger partial charge in [-0.3, -0.25) is 4.68 Å². The summed E-state index contributed by atoms with van der Waals surface area (Å²) >= 11 is 0. The Bertz CT molecular complexity index is 472. The van der Waals surface area contributed by atoms with E-state index in [4.69, 9.17) is 4.74 Å². The van der Waals surface area contributed by atoms with Gasteiger partial charge in [-0.05, 0) is 34.6 Å². The van der Waals surface area contributed by atoms with E-state index in [9.17, 15) is 5.11 Å². The third-order valence-corrected chi connectivity index (χ3v) is 4.54. The molecule has 0 aliphatic carbocycles. The molecular formula is C15H27N3O2. The zero-order valence-corrected chi connectivity index (χ0v) is 13.2. The summed E-state index contributed by atoms with van der Waals surface area (Å²) in [4.78, 5) is 0. The van der Waals surface area contributed by atoms with Crippen LogP contribution in [0.4, 0.5) is 0 Å². The summed E-state index contributed by atoms with van der Waals surface area (Å²) in [6.07, 6.45) is 0.586. The van der Waals surface area contributed by atoms with E-state index in [0.29, 0.717) is 19.6 Å². The van der Waals surface area contributed by atoms with Crippen LogP contribution in [0.3, 0.4) is 0 Å². The van der Waals surface area contributed by atoms with Crippen molar-refractivity contribution in [3.63, 3.8) is 0 Å². The lowest BCUT2D eigenvalue weighted by atomic mass is 9.95. The Hall–Kier alpha value is -0.910. The zero-order chi connectivity index (χ0) is 14.9. The van der Waals surface area contributed by atoms with Gasteiger partial charge in [0, 0.05) is 43.4 Å². The monoisotopic (exact) mass is 281 g/mol. The highest BCUT2D eigenvalue weighted by molar-refractivity contribution is 5.27. The fourth-order valence-electron chi connectivity index (χ4n) is 3.08. The molecule has 0 radical (unpaired) electrons. The second-order valence-corrected chi connectivity index (χ2v) is 5.87. The molecule has 1 aromatic heterocycles. The zero-order valence-electron chi connectivity index (χ0n) is 13.2. The van der Waals surface area contributed by atoms with E-state index >= 15 is 0 Å². The first kappa shape index (κ1) is 15.5. The minimum Gasteiger partial charge on any atom is -0.386 e. The normalized spacial score (nSPS) is 28.0. The highest BCUT2D eigenvalue weighted by Crippen LogP contribution is 2.27. The third kappa shape index (κ3) is 2.75. The number of hydrogen-bond donors (Lipinski definition) is 2. The average molecular weight is 281 g/mol. The van der Waals surface area contributed by atoms with Gasteiger partial charge >= 0.3 is 0 Å². The lowest BCUT2D eigenvalue weighted by Crippen LogP contribution is -2.46. The lowest BCUT2D eigenvalue weighted by Gasteiger charge is -2.28. The van der Waals surface area contributed by atoms with Gasteiger partial charge in [0.2, 0.25) is 0 Å². The molecule has 2 N–H and O–H groups in total. The topological polar surface area (TPSA) is 59.3 Å². The second-order valence-electron chi connectivity index (χ2n) is 5.87. The highest BCUT2D eigenvalue weighted by Gasteiger charge is 2.39. The van der Waals surface area contributed by atoms with Gasteiger partial charge in [0.05, 0.1) is 11.8 Å². The average Bonchev–Trinajstić information content (AvgIpc) is 2.88. The van der Waals surface area contributed by atoms with Crippen LogP contribution in [0.5, 0.6) is 0 Å². The van der Waals surface area contributed by atoms with Crippen LogP contribution < -0.4 is 5.32 Å². The molecule has 2 rings (SSSR count). The van der Waals surface area contributed by atoms with Crippen LogP contribution in [-0.2, 0) is 11.3 Å². The largest absolute Gasteiger partial charge is 0.386 e. The van der Waals surface area contributed by atoms with Crippen LogP contribution in [-0.4, -0.2) is 39.7 Å². The number of aliphatic hydroxyl groups is 1. The van der Waals surface area contributed by atoms with Crippen molar-refractivity contribution in [1.82, 2.24) is 15.1 Å². The van der Waals surface area contributed by atoms with Crippen LogP contribution in [0.25, 0.3) is 0 Å². The van der Waals surface area contributed by atoms with Crippen LogP contribution in [0.1, 0.15) is 50.2 Å². The highest BCUT2D eigenvalue weighted by atomic mass is 16.5. The van der Waals surface area contributed by atoms with Crippen molar-refractivity contribution in [3.8, 4) is 0 Å². The number of aryl methyl sites for hydroxylation is 2. The molecule has 5 nitrogen and oxygen atoms in total. The van der Waals surface area contributed by atoms with Gasteiger partial charge in [-0.25, -0.2) is 0 Å². The second kappa shape index (κ2) is 5.84. The van der Waals surface area contributed by atoms with Crippen LogP contribution in [0.15, 0.2) is 0 Å². The van der Waals surface area contributed by atoms with E-state index in [2.05, 4.69) is 31.2 Å². The summed E-state index contributed by atoms with van der Waals surface area (Å²) < 4.78 is 7.50. The summed E-state index contributed by atoms with van der Waals surface area (Å²) in [5.41, 5.74) is 2.75. The van der Waals surface area contributed by atoms with E-state index < -0.39 is 5.60 Å². The summed E-state index contributed by atoms with van der Waals surface area (Å²) in [6, 6.07) is 0.173. The molecule has 5 heteroatoms. The number of nitrogens with zero attached hydrogens (tertiary/aromatic N) is 2. The maximum absolute atomic E-state index is 10.5. The predicted molar refractivity (Wildman–Crippen MR) is 78.8 cm³/mol. The first-order chi connectivity index (χ1) is 9.39. The minimum absolute atomic E-state index is 0.109. The molecular weight excluding hydrogens is 254 g/mol. The summed E-state index contributed by atoms with van der Waals surface area (Å²) in [7, 11) is 0. The maximum Gasteiger partial charge on any atom is 0.105 e. The van der Waals surface area contributed by atoms with Gasteiger partial charge in [-0.15, -0.1) is 0 Å². The van der Waals surface area contributed by atoms with Crippen molar-refractivity contribution in [1.29, 1.82) is 0 Å². The lowest BCUT2D eigenvalue weighted by molar-refractivity contribution is -0.0274. The number of rotatable bonds is 5. The number of aromatic nitrogens is 2. The molecule has 0 amide bonds. The van der Waals surface area contributed by atoms with E-state index in [1.807, 2.05) is 18.5 Å². The van der Waals surface area contributed by atoms with E-state index in [1.165, 1.54) is 11.3 Å². The van der Waals surface area contributed by atoms with Gasteiger partial charge < -0.3 is 15.2 Å². The maximum atomic E-state index is 10.5. The fourth-order valence-corrected chi connectivity index (χ4v) is 3.08. The number of nitrogens with one attached hydrogen (secondary N) is 1.